The zero-order chi connectivity index (χ0) is 14.7. The summed E-state index contributed by atoms with van der Waals surface area (Å²) in [5.41, 5.74) is -0.0915. The summed E-state index contributed by atoms with van der Waals surface area (Å²) in [7, 11) is 1.10. The smallest absolute Gasteiger partial charge is 0.356 e. The molecule has 0 aliphatic heterocycles. The fourth-order valence-corrected chi connectivity index (χ4v) is 1.96. The van der Waals surface area contributed by atoms with Crippen LogP contribution in [0, 0.1) is 0 Å². The molecule has 10 heteroatoms. The van der Waals surface area contributed by atoms with Crippen LogP contribution in [0.15, 0.2) is 17.2 Å². The van der Waals surface area contributed by atoms with Crippen LogP contribution in [0.2, 0.25) is 0 Å². The number of aromatic amines is 1. The molecule has 1 rings (SSSR count). The average Bonchev–Trinajstić information content (AvgIpc) is 2.71. The van der Waals surface area contributed by atoms with Crippen molar-refractivity contribution < 1.29 is 26.4 Å². The van der Waals surface area contributed by atoms with E-state index < -0.39 is 27.6 Å². The van der Waals surface area contributed by atoms with Crippen LogP contribution in [0.1, 0.15) is 23.3 Å². The molecule has 0 spiro atoms. The second kappa shape index (κ2) is 5.83. The zero-order valence-electron chi connectivity index (χ0n) is 9.42. The van der Waals surface area contributed by atoms with Crippen molar-refractivity contribution in [2.75, 3.05) is 6.54 Å². The van der Waals surface area contributed by atoms with E-state index in [1.807, 2.05) is 0 Å². The highest BCUT2D eigenvalue weighted by Crippen LogP contribution is 2.20. The first-order chi connectivity index (χ1) is 8.59. The molecule has 1 aromatic heterocycles. The van der Waals surface area contributed by atoms with Gasteiger partial charge in [0, 0.05) is 29.8 Å². The molecule has 1 amide bonds. The van der Waals surface area contributed by atoms with E-state index in [-0.39, 0.29) is 23.6 Å². The first kappa shape index (κ1) is 15.8. The van der Waals surface area contributed by atoms with E-state index in [9.17, 15) is 26.4 Å². The van der Waals surface area contributed by atoms with Gasteiger partial charge in [-0.2, -0.15) is 13.2 Å². The fraction of sp³-hybridized carbons (Fsp3) is 0.444. The molecule has 0 saturated carbocycles. The highest BCUT2D eigenvalue weighted by atomic mass is 35.7. The summed E-state index contributed by atoms with van der Waals surface area (Å²) in [4.78, 5) is 13.5. The summed E-state index contributed by atoms with van der Waals surface area (Å²) in [5.74, 6) is -0.700. The van der Waals surface area contributed by atoms with Crippen molar-refractivity contribution in [2.24, 2.45) is 0 Å². The second-order valence-electron chi connectivity index (χ2n) is 3.66. The van der Waals surface area contributed by atoms with Crippen molar-refractivity contribution >= 4 is 25.6 Å². The van der Waals surface area contributed by atoms with Gasteiger partial charge in [0.15, 0.2) is 0 Å². The van der Waals surface area contributed by atoms with Crippen LogP contribution >= 0.6 is 10.7 Å². The van der Waals surface area contributed by atoms with Crippen molar-refractivity contribution in [3.05, 3.63) is 18.0 Å². The third-order valence-corrected chi connectivity index (χ3v) is 3.44. The van der Waals surface area contributed by atoms with Gasteiger partial charge in [0.1, 0.15) is 10.6 Å². The lowest BCUT2D eigenvalue weighted by Crippen LogP contribution is -2.25. The zero-order valence-corrected chi connectivity index (χ0v) is 11.0. The number of hydrogen-bond acceptors (Lipinski definition) is 3. The van der Waals surface area contributed by atoms with Crippen LogP contribution in [-0.4, -0.2) is 32.0 Å². The Kier molecular flexibility index (Phi) is 4.86. The first-order valence-corrected chi connectivity index (χ1v) is 7.38. The maximum absolute atomic E-state index is 11.8. The lowest BCUT2D eigenvalue weighted by molar-refractivity contribution is -0.135. The molecule has 0 saturated heterocycles. The molecular formula is C9H10ClF3N2O3S. The maximum Gasteiger partial charge on any atom is 0.389 e. The summed E-state index contributed by atoms with van der Waals surface area (Å²) in [5, 5.41) is 2.23. The monoisotopic (exact) mass is 318 g/mol. The molecule has 0 aliphatic rings. The Morgan fingerprint density at radius 3 is 2.53 bits per heavy atom. The van der Waals surface area contributed by atoms with Gasteiger partial charge in [-0.3, -0.25) is 4.79 Å². The Morgan fingerprint density at radius 1 is 1.42 bits per heavy atom. The van der Waals surface area contributed by atoms with Gasteiger partial charge in [0.05, 0.1) is 0 Å². The summed E-state index contributed by atoms with van der Waals surface area (Å²) in [6, 6.07) is 1.00. The van der Waals surface area contributed by atoms with E-state index in [2.05, 4.69) is 10.3 Å². The number of carbonyl (C=O) groups is 1. The lowest BCUT2D eigenvalue weighted by atomic mass is 10.3. The molecule has 2 N–H and O–H groups in total. The molecule has 0 unspecified atom stereocenters. The molecular weight excluding hydrogens is 309 g/mol. The van der Waals surface area contributed by atoms with Gasteiger partial charge in [-0.25, -0.2) is 8.42 Å². The second-order valence-corrected chi connectivity index (χ2v) is 6.23. The van der Waals surface area contributed by atoms with E-state index in [4.69, 9.17) is 10.7 Å². The molecule has 19 heavy (non-hydrogen) atoms. The number of amides is 1. The van der Waals surface area contributed by atoms with Gasteiger partial charge in [0.2, 0.25) is 0 Å². The minimum Gasteiger partial charge on any atom is -0.356 e. The number of hydrogen-bond donors (Lipinski definition) is 2. The topological polar surface area (TPSA) is 79.0 Å². The predicted octanol–water partition coefficient (Wildman–Crippen LogP) is 2.01. The van der Waals surface area contributed by atoms with E-state index in [0.29, 0.717) is 0 Å². The number of aromatic nitrogens is 1. The van der Waals surface area contributed by atoms with Crippen LogP contribution in [0.25, 0.3) is 0 Å². The minimum atomic E-state index is -4.27. The van der Waals surface area contributed by atoms with Gasteiger partial charge in [-0.15, -0.1) is 0 Å². The van der Waals surface area contributed by atoms with Crippen molar-refractivity contribution in [3.63, 3.8) is 0 Å². The number of nitrogens with one attached hydrogen (secondary N) is 2. The first-order valence-electron chi connectivity index (χ1n) is 5.07. The largest absolute Gasteiger partial charge is 0.389 e. The number of rotatable bonds is 5. The molecule has 0 aliphatic carbocycles. The van der Waals surface area contributed by atoms with Crippen LogP contribution in [0.4, 0.5) is 13.2 Å². The molecule has 0 radical (unpaired) electrons. The summed E-state index contributed by atoms with van der Waals surface area (Å²) < 4.78 is 57.4. The Morgan fingerprint density at radius 2 is 2.05 bits per heavy atom. The molecule has 1 heterocycles. The molecule has 1 aromatic rings. The van der Waals surface area contributed by atoms with Gasteiger partial charge in [-0.05, 0) is 12.5 Å². The molecule has 0 bridgehead atoms. The predicted molar refractivity (Wildman–Crippen MR) is 61.5 cm³/mol. The maximum atomic E-state index is 11.8. The quantitative estimate of drug-likeness (QED) is 0.644. The van der Waals surface area contributed by atoms with Crippen molar-refractivity contribution in [1.29, 1.82) is 0 Å². The summed E-state index contributed by atoms with van der Waals surface area (Å²) >= 11 is 0. The third kappa shape index (κ3) is 5.52. The van der Waals surface area contributed by atoms with Crippen LogP contribution in [0.5, 0.6) is 0 Å². The fourth-order valence-electron chi connectivity index (χ4n) is 1.23. The molecule has 5 nitrogen and oxygen atoms in total. The van der Waals surface area contributed by atoms with E-state index >= 15 is 0 Å². The van der Waals surface area contributed by atoms with Crippen molar-refractivity contribution in [3.8, 4) is 0 Å². The molecule has 0 fully saturated rings. The molecule has 0 atom stereocenters. The van der Waals surface area contributed by atoms with Gasteiger partial charge in [0.25, 0.3) is 15.0 Å². The Bertz CT molecular complexity index is 553. The highest BCUT2D eigenvalue weighted by Gasteiger charge is 2.26. The normalized spacial score (nSPS) is 12.4. The van der Waals surface area contributed by atoms with Crippen LogP contribution in [0.3, 0.4) is 0 Å². The minimum absolute atomic E-state index is 0.0915. The average molecular weight is 319 g/mol. The van der Waals surface area contributed by atoms with E-state index in [1.54, 1.807) is 0 Å². The molecule has 108 valence electrons. The van der Waals surface area contributed by atoms with Crippen LogP contribution in [-0.2, 0) is 9.05 Å². The Labute approximate surface area is 111 Å². The number of carbonyl (C=O) groups excluding carboxylic acids is 1. The Hall–Kier alpha value is -1.22. The SMILES string of the molecule is O=C(NCCCC(F)(F)F)c1cc(S(=O)(=O)Cl)c[nH]1. The summed E-state index contributed by atoms with van der Waals surface area (Å²) in [6.45, 7) is -0.166. The van der Waals surface area contributed by atoms with Crippen LogP contribution < -0.4 is 5.32 Å². The highest BCUT2D eigenvalue weighted by molar-refractivity contribution is 8.13. The van der Waals surface area contributed by atoms with Crippen molar-refractivity contribution in [1.82, 2.24) is 10.3 Å². The summed E-state index contributed by atoms with van der Waals surface area (Å²) in [6.07, 6.45) is -4.50. The number of H-pyrrole nitrogens is 1. The van der Waals surface area contributed by atoms with Gasteiger partial charge >= 0.3 is 6.18 Å². The van der Waals surface area contributed by atoms with Crippen molar-refractivity contribution in [2.45, 2.75) is 23.9 Å². The molecule has 0 aromatic carbocycles. The number of halogens is 4. The van der Waals surface area contributed by atoms with E-state index in [1.165, 1.54) is 0 Å². The van der Waals surface area contributed by atoms with Gasteiger partial charge in [-0.1, -0.05) is 0 Å². The van der Waals surface area contributed by atoms with E-state index in [0.717, 1.165) is 12.3 Å². The lowest BCUT2D eigenvalue weighted by Gasteiger charge is -2.06. The number of alkyl halides is 3. The van der Waals surface area contributed by atoms with Gasteiger partial charge < -0.3 is 10.3 Å². The standard InChI is InChI=1S/C9H10ClF3N2O3S/c10-19(17,18)6-4-7(15-5-6)8(16)14-3-1-2-9(11,12)13/h4-5,15H,1-3H2,(H,14,16). The third-order valence-electron chi connectivity index (χ3n) is 2.11. The Balaban J connectivity index is 2.49.